The number of hydrogen-bond acceptors (Lipinski definition) is 5. The first-order valence-electron chi connectivity index (χ1n) is 9.56. The number of ether oxygens (including phenoxy) is 1. The molecule has 0 spiro atoms. The predicted molar refractivity (Wildman–Crippen MR) is 113 cm³/mol. The summed E-state index contributed by atoms with van der Waals surface area (Å²) in [7, 11) is 1.63. The van der Waals surface area contributed by atoms with Crippen LogP contribution in [0.2, 0.25) is 0 Å². The van der Waals surface area contributed by atoms with Crippen LogP contribution in [0.3, 0.4) is 0 Å². The van der Waals surface area contributed by atoms with Gasteiger partial charge < -0.3 is 25.3 Å². The van der Waals surface area contributed by atoms with Crippen LogP contribution in [-0.4, -0.2) is 24.6 Å². The van der Waals surface area contributed by atoms with Crippen molar-refractivity contribution < 1.29 is 70.8 Å². The monoisotopic (exact) mass is 460 g/mol. The summed E-state index contributed by atoms with van der Waals surface area (Å²) in [6.07, 6.45) is 0.444. The Balaban J connectivity index is 0.00000272. The van der Waals surface area contributed by atoms with E-state index in [1.807, 2.05) is 60.7 Å². The largest absolute Gasteiger partial charge is 1.00 e. The Kier molecular flexibility index (Phi) is 7.96. The first kappa shape index (κ1) is 24.0. The topological polar surface area (TPSA) is 90.5 Å². The second-order valence-corrected chi connectivity index (χ2v) is 8.46. The minimum Gasteiger partial charge on any atom is -0.548 e. The maximum atomic E-state index is 12.5. The van der Waals surface area contributed by atoms with Gasteiger partial charge in [0.15, 0.2) is 0 Å². The average Bonchev–Trinajstić information content (AvgIpc) is 3.37. The van der Waals surface area contributed by atoms with Gasteiger partial charge in [-0.2, -0.15) is 0 Å². The smallest absolute Gasteiger partial charge is 0.548 e. The summed E-state index contributed by atoms with van der Waals surface area (Å²) in [6, 6.07) is 18.7. The summed E-state index contributed by atoms with van der Waals surface area (Å²) in [5.41, 5.74) is 1.49. The van der Waals surface area contributed by atoms with Crippen molar-refractivity contribution >= 4 is 23.3 Å². The summed E-state index contributed by atoms with van der Waals surface area (Å²) in [6.45, 7) is 0.308. The molecule has 31 heavy (non-hydrogen) atoms. The van der Waals surface area contributed by atoms with Crippen molar-refractivity contribution in [3.63, 3.8) is 0 Å². The van der Waals surface area contributed by atoms with Gasteiger partial charge in [-0.25, -0.2) is 4.79 Å². The van der Waals surface area contributed by atoms with Crippen LogP contribution in [0.5, 0.6) is 5.75 Å². The second-order valence-electron chi connectivity index (χ2n) is 7.29. The van der Waals surface area contributed by atoms with Crippen molar-refractivity contribution in [2.24, 2.45) is 0 Å². The Hall–Kier alpha value is -1.68. The SMILES string of the molecule is COc1ccc(-c2ccc(CNC(=O)NC3(C(=O)[O-])Cc4ccccc4C3)s2)cc1.[K+]. The second kappa shape index (κ2) is 10.3. The molecule has 0 bridgehead atoms. The van der Waals surface area contributed by atoms with Gasteiger partial charge in [-0.3, -0.25) is 0 Å². The Morgan fingerprint density at radius 1 is 1.03 bits per heavy atom. The third-order valence-corrected chi connectivity index (χ3v) is 6.44. The minimum absolute atomic E-state index is 0. The molecule has 4 rings (SSSR count). The van der Waals surface area contributed by atoms with Gasteiger partial charge in [0.2, 0.25) is 0 Å². The fourth-order valence-corrected chi connectivity index (χ4v) is 4.66. The molecule has 154 valence electrons. The van der Waals surface area contributed by atoms with Crippen molar-refractivity contribution in [1.82, 2.24) is 10.6 Å². The number of benzene rings is 2. The molecular weight excluding hydrogens is 439 g/mol. The number of nitrogens with one attached hydrogen (secondary N) is 2. The maximum Gasteiger partial charge on any atom is 1.00 e. The summed E-state index contributed by atoms with van der Waals surface area (Å²) in [4.78, 5) is 26.3. The van der Waals surface area contributed by atoms with Gasteiger partial charge in [-0.05, 0) is 53.1 Å². The predicted octanol–water partition coefficient (Wildman–Crippen LogP) is -0.486. The van der Waals surface area contributed by atoms with Crippen LogP contribution in [-0.2, 0) is 24.2 Å². The van der Waals surface area contributed by atoms with E-state index in [1.54, 1.807) is 18.4 Å². The zero-order valence-corrected chi connectivity index (χ0v) is 21.4. The number of methoxy groups -OCH3 is 1. The van der Waals surface area contributed by atoms with Gasteiger partial charge in [0, 0.05) is 22.6 Å². The molecule has 1 aliphatic rings. The first-order valence-corrected chi connectivity index (χ1v) is 10.4. The van der Waals surface area contributed by atoms with Crippen molar-refractivity contribution in [3.8, 4) is 16.2 Å². The molecule has 1 aromatic heterocycles. The standard InChI is InChI=1S/C23H22N2O4S.K/c1-29-18-8-6-15(7-9-18)20-11-10-19(30-20)14-24-22(28)25-23(21(26)27)12-16-4-2-3-5-17(16)13-23;/h2-11H,12-14H2,1H3,(H,26,27)(H2,24,25,28);/q;+1/p-1. The molecule has 2 amide bonds. The molecule has 8 heteroatoms. The number of urea groups is 1. The van der Waals surface area contributed by atoms with E-state index in [0.29, 0.717) is 6.54 Å². The molecule has 2 aromatic carbocycles. The Morgan fingerprint density at radius 2 is 1.68 bits per heavy atom. The van der Waals surface area contributed by atoms with E-state index < -0.39 is 17.5 Å². The number of hydrogen-bond donors (Lipinski definition) is 2. The molecule has 0 atom stereocenters. The van der Waals surface area contributed by atoms with E-state index in [-0.39, 0.29) is 64.2 Å². The molecule has 0 saturated carbocycles. The third kappa shape index (κ3) is 5.39. The number of amides is 2. The summed E-state index contributed by atoms with van der Waals surface area (Å²) < 4.78 is 5.18. The molecule has 1 heterocycles. The maximum absolute atomic E-state index is 12.5. The fourth-order valence-electron chi connectivity index (χ4n) is 3.71. The van der Waals surface area contributed by atoms with Gasteiger partial charge in [-0.1, -0.05) is 24.3 Å². The number of carbonyl (C=O) groups excluding carboxylic acids is 2. The number of thiophene rings is 1. The van der Waals surface area contributed by atoms with Crippen molar-refractivity contribution in [3.05, 3.63) is 76.7 Å². The van der Waals surface area contributed by atoms with Crippen LogP contribution in [0.25, 0.3) is 10.4 Å². The summed E-state index contributed by atoms with van der Waals surface area (Å²) in [5.74, 6) is -0.475. The molecule has 0 unspecified atom stereocenters. The van der Waals surface area contributed by atoms with Crippen molar-refractivity contribution in [2.45, 2.75) is 24.9 Å². The van der Waals surface area contributed by atoms with Crippen LogP contribution < -0.4 is 71.9 Å². The number of carbonyl (C=O) groups is 2. The van der Waals surface area contributed by atoms with Crippen LogP contribution in [0.1, 0.15) is 16.0 Å². The van der Waals surface area contributed by atoms with Gasteiger partial charge >= 0.3 is 57.4 Å². The molecule has 2 N–H and O–H groups in total. The number of carboxylic acids is 1. The average molecular weight is 461 g/mol. The van der Waals surface area contributed by atoms with E-state index in [4.69, 9.17) is 4.74 Å². The number of fused-ring (bicyclic) bond motifs is 1. The third-order valence-electron chi connectivity index (χ3n) is 5.31. The summed E-state index contributed by atoms with van der Waals surface area (Å²) >= 11 is 1.57. The quantitative estimate of drug-likeness (QED) is 0.486. The number of aliphatic carboxylic acids is 1. The Labute approximate surface area is 227 Å². The van der Waals surface area contributed by atoms with E-state index in [0.717, 1.165) is 32.2 Å². The molecule has 0 radical (unpaired) electrons. The van der Waals surface area contributed by atoms with Crippen molar-refractivity contribution in [2.75, 3.05) is 7.11 Å². The van der Waals surface area contributed by atoms with E-state index in [9.17, 15) is 14.7 Å². The summed E-state index contributed by atoms with van der Waals surface area (Å²) in [5, 5.41) is 17.3. The zero-order chi connectivity index (χ0) is 21.1. The Morgan fingerprint density at radius 3 is 2.26 bits per heavy atom. The molecule has 0 fully saturated rings. The molecule has 0 aliphatic heterocycles. The van der Waals surface area contributed by atoms with Gasteiger partial charge in [0.25, 0.3) is 0 Å². The fraction of sp³-hybridized carbons (Fsp3) is 0.217. The van der Waals surface area contributed by atoms with Crippen LogP contribution >= 0.6 is 11.3 Å². The van der Waals surface area contributed by atoms with E-state index >= 15 is 0 Å². The molecule has 1 aliphatic carbocycles. The Bertz CT molecular complexity index is 1060. The van der Waals surface area contributed by atoms with Gasteiger partial charge in [-0.15, -0.1) is 11.3 Å². The van der Waals surface area contributed by atoms with Gasteiger partial charge in [0.05, 0.1) is 25.2 Å². The number of rotatable bonds is 6. The molecule has 6 nitrogen and oxygen atoms in total. The van der Waals surface area contributed by atoms with Crippen LogP contribution in [0, 0.1) is 0 Å². The zero-order valence-electron chi connectivity index (χ0n) is 17.4. The molecule has 3 aromatic rings. The van der Waals surface area contributed by atoms with Crippen LogP contribution in [0.15, 0.2) is 60.7 Å². The van der Waals surface area contributed by atoms with Gasteiger partial charge in [0.1, 0.15) is 5.75 Å². The van der Waals surface area contributed by atoms with Crippen LogP contribution in [0.4, 0.5) is 4.79 Å². The minimum atomic E-state index is -1.42. The van der Waals surface area contributed by atoms with E-state index in [2.05, 4.69) is 10.6 Å². The molecular formula is C23H21KN2O4S. The first-order chi connectivity index (χ1) is 14.5. The number of carboxylic acid groups (broad SMARTS) is 1. The van der Waals surface area contributed by atoms with E-state index in [1.165, 1.54) is 0 Å². The molecule has 0 saturated heterocycles. The normalized spacial score (nSPS) is 13.6. The van der Waals surface area contributed by atoms with Crippen molar-refractivity contribution in [1.29, 1.82) is 0 Å².